The predicted octanol–water partition coefficient (Wildman–Crippen LogP) is 12.6. The van der Waals surface area contributed by atoms with Crippen LogP contribution in [0.5, 0.6) is 0 Å². The molecule has 0 spiro atoms. The summed E-state index contributed by atoms with van der Waals surface area (Å²) in [4.78, 5) is 0. The van der Waals surface area contributed by atoms with Gasteiger partial charge in [0.15, 0.2) is 0 Å². The molecule has 2 heteroatoms. The van der Waals surface area contributed by atoms with Crippen LogP contribution in [0.1, 0.15) is 199 Å². The maximum atomic E-state index is 9.53. The maximum absolute atomic E-state index is 9.53. The molecule has 0 radical (unpaired) electrons. The molecule has 0 aromatic heterocycles. The molecule has 0 saturated heterocycles. The van der Waals surface area contributed by atoms with E-state index in [1.165, 1.54) is 49.7 Å². The summed E-state index contributed by atoms with van der Waals surface area (Å²) >= 11 is 0. The van der Waals surface area contributed by atoms with Crippen molar-refractivity contribution in [3.05, 3.63) is 34.9 Å². The molecule has 2 N–H and O–H groups in total. The fraction of sp³-hybridized carbons (Fsp3) is 0.870. The zero-order valence-electron chi connectivity index (χ0n) is 35.1. The Morgan fingerprint density at radius 3 is 1.48 bits per heavy atom. The van der Waals surface area contributed by atoms with Crippen LogP contribution >= 0.6 is 0 Å². The van der Waals surface area contributed by atoms with Crippen molar-refractivity contribution < 1.29 is 10.2 Å². The van der Waals surface area contributed by atoms with Gasteiger partial charge in [0, 0.05) is 13.2 Å². The topological polar surface area (TPSA) is 40.5 Å². The molecule has 1 aromatic carbocycles. The molecule has 0 heterocycles. The van der Waals surface area contributed by atoms with Crippen molar-refractivity contribution in [2.45, 2.75) is 198 Å². The summed E-state index contributed by atoms with van der Waals surface area (Å²) in [6.07, 6.45) is 11.6. The van der Waals surface area contributed by atoms with Gasteiger partial charge in [-0.3, -0.25) is 0 Å². The molecule has 276 valence electrons. The van der Waals surface area contributed by atoms with E-state index in [4.69, 9.17) is 0 Å². The van der Waals surface area contributed by atoms with Gasteiger partial charge in [0.05, 0.1) is 0 Å². The fourth-order valence-electron chi connectivity index (χ4n) is 11.8. The van der Waals surface area contributed by atoms with Crippen LogP contribution in [0, 0.1) is 43.3 Å². The van der Waals surface area contributed by atoms with Crippen LogP contribution in [0.25, 0.3) is 0 Å². The van der Waals surface area contributed by atoms with E-state index in [0.29, 0.717) is 34.9 Å². The van der Waals surface area contributed by atoms with Crippen molar-refractivity contribution in [1.82, 2.24) is 0 Å². The van der Waals surface area contributed by atoms with E-state index in [9.17, 15) is 10.2 Å². The third kappa shape index (κ3) is 6.75. The fourth-order valence-corrected chi connectivity index (χ4v) is 11.8. The van der Waals surface area contributed by atoms with Gasteiger partial charge in [-0.2, -0.15) is 0 Å². The quantitative estimate of drug-likeness (QED) is 0.185. The zero-order valence-corrected chi connectivity index (χ0v) is 35.1. The second-order valence-electron chi connectivity index (χ2n) is 23.3. The van der Waals surface area contributed by atoms with Crippen molar-refractivity contribution in [2.75, 3.05) is 13.2 Å². The van der Waals surface area contributed by atoms with Gasteiger partial charge in [0.25, 0.3) is 0 Å². The Morgan fingerprint density at radius 1 is 0.542 bits per heavy atom. The van der Waals surface area contributed by atoms with Crippen LogP contribution in [0.3, 0.4) is 0 Å². The summed E-state index contributed by atoms with van der Waals surface area (Å²) in [5.41, 5.74) is 7.15. The second kappa shape index (κ2) is 11.8. The lowest BCUT2D eigenvalue weighted by molar-refractivity contribution is 0.112. The highest BCUT2D eigenvalue weighted by Crippen LogP contribution is 2.86. The molecular formula is C46H80O2. The molecule has 0 bridgehead atoms. The van der Waals surface area contributed by atoms with Gasteiger partial charge in [-0.15, -0.1) is 0 Å². The summed E-state index contributed by atoms with van der Waals surface area (Å²) in [6, 6.07) is 7.83. The van der Waals surface area contributed by atoms with Gasteiger partial charge in [0.2, 0.25) is 0 Å². The van der Waals surface area contributed by atoms with Crippen molar-refractivity contribution in [3.8, 4) is 0 Å². The molecule has 1 aromatic rings. The van der Waals surface area contributed by atoms with Crippen LogP contribution < -0.4 is 0 Å². The normalized spacial score (nSPS) is 35.6. The SMILES string of the molecule is CC(C)(CCCO)CC1(C)CC1(C)CC(C)(C)C(C)(C)c1cc(C(C)(C)C)cc(C2(C)CC2(C)C2(C)CC2(C)CC(C)(C)CCCO)c1. The Bertz CT molecular complexity index is 1340. The van der Waals surface area contributed by atoms with Gasteiger partial charge >= 0.3 is 0 Å². The second-order valence-corrected chi connectivity index (χ2v) is 23.3. The minimum Gasteiger partial charge on any atom is -0.396 e. The maximum Gasteiger partial charge on any atom is 0.0431 e. The zero-order chi connectivity index (χ0) is 36.8. The third-order valence-corrected chi connectivity index (χ3v) is 16.5. The highest BCUT2D eigenvalue weighted by atomic mass is 16.3. The van der Waals surface area contributed by atoms with E-state index in [-0.39, 0.29) is 37.9 Å². The molecule has 3 aliphatic rings. The molecule has 48 heavy (non-hydrogen) atoms. The summed E-state index contributed by atoms with van der Waals surface area (Å²) < 4.78 is 0. The van der Waals surface area contributed by atoms with Crippen LogP contribution in [-0.4, -0.2) is 23.4 Å². The van der Waals surface area contributed by atoms with Crippen LogP contribution in [-0.2, 0) is 16.2 Å². The van der Waals surface area contributed by atoms with E-state index in [1.807, 2.05) is 0 Å². The molecule has 3 fully saturated rings. The lowest BCUT2D eigenvalue weighted by Crippen LogP contribution is -2.39. The van der Waals surface area contributed by atoms with Gasteiger partial charge in [0.1, 0.15) is 0 Å². The third-order valence-electron chi connectivity index (χ3n) is 16.5. The largest absolute Gasteiger partial charge is 0.396 e. The molecule has 3 saturated carbocycles. The average Bonchev–Trinajstić information content (AvgIpc) is 3.81. The van der Waals surface area contributed by atoms with Crippen molar-refractivity contribution in [2.24, 2.45) is 43.3 Å². The van der Waals surface area contributed by atoms with Gasteiger partial charge in [-0.1, -0.05) is 136 Å². The van der Waals surface area contributed by atoms with E-state index in [2.05, 4.69) is 136 Å². The van der Waals surface area contributed by atoms with E-state index >= 15 is 0 Å². The van der Waals surface area contributed by atoms with E-state index < -0.39 is 0 Å². The number of aliphatic hydroxyl groups excluding tert-OH is 2. The first-order valence-corrected chi connectivity index (χ1v) is 19.8. The molecule has 0 amide bonds. The minimum atomic E-state index is 0.0122. The van der Waals surface area contributed by atoms with Crippen molar-refractivity contribution in [1.29, 1.82) is 0 Å². The number of hydrogen-bond donors (Lipinski definition) is 2. The number of hydrogen-bond acceptors (Lipinski definition) is 2. The Balaban J connectivity index is 1.64. The average molecular weight is 665 g/mol. The Hall–Kier alpha value is -0.860. The summed E-state index contributed by atoms with van der Waals surface area (Å²) in [6.45, 7) is 43.1. The number of benzene rings is 1. The van der Waals surface area contributed by atoms with E-state index in [0.717, 1.165) is 25.7 Å². The molecule has 6 unspecified atom stereocenters. The standard InChI is InChI=1S/C46H80O2/c1-36(2,3)33-24-34(40(10,11)39(8,9)29-42(13)30-41(42,12)27-37(4,5)20-18-22-47)26-35(25-33)44(15)32-46(44,17)45(16)31-43(45,14)28-38(6,7)21-19-23-48/h24-26,47-48H,18-23,27-32H2,1-17H3. The molecule has 6 atom stereocenters. The Kier molecular flexibility index (Phi) is 9.84. The first-order valence-electron chi connectivity index (χ1n) is 19.8. The summed E-state index contributed by atoms with van der Waals surface area (Å²) in [7, 11) is 0. The van der Waals surface area contributed by atoms with Gasteiger partial charge < -0.3 is 10.2 Å². The molecule has 2 nitrogen and oxygen atoms in total. The van der Waals surface area contributed by atoms with Gasteiger partial charge in [-0.05, 0) is 140 Å². The molecule has 3 aliphatic carbocycles. The highest BCUT2D eigenvalue weighted by Gasteiger charge is 2.80. The smallest absolute Gasteiger partial charge is 0.0431 e. The van der Waals surface area contributed by atoms with E-state index in [1.54, 1.807) is 5.56 Å². The van der Waals surface area contributed by atoms with Crippen LogP contribution in [0.15, 0.2) is 18.2 Å². The Morgan fingerprint density at radius 2 is 1.00 bits per heavy atom. The van der Waals surface area contributed by atoms with Gasteiger partial charge in [-0.25, -0.2) is 0 Å². The summed E-state index contributed by atoms with van der Waals surface area (Å²) in [5, 5.41) is 19.0. The summed E-state index contributed by atoms with van der Waals surface area (Å²) in [5.74, 6) is 0. The first kappa shape index (κ1) is 39.9. The lowest BCUT2D eigenvalue weighted by Gasteiger charge is -2.46. The first-order chi connectivity index (χ1) is 21.4. The highest BCUT2D eigenvalue weighted by molar-refractivity contribution is 5.48. The minimum absolute atomic E-state index is 0.0122. The van der Waals surface area contributed by atoms with Crippen molar-refractivity contribution >= 4 is 0 Å². The number of aliphatic hydroxyl groups is 2. The lowest BCUT2D eigenvalue weighted by atomic mass is 9.58. The van der Waals surface area contributed by atoms with Crippen LogP contribution in [0.4, 0.5) is 0 Å². The molecular weight excluding hydrogens is 585 g/mol. The Labute approximate surface area is 299 Å². The predicted molar refractivity (Wildman–Crippen MR) is 208 cm³/mol. The number of rotatable bonds is 16. The molecule has 4 rings (SSSR count). The monoisotopic (exact) mass is 665 g/mol. The van der Waals surface area contributed by atoms with Crippen molar-refractivity contribution in [3.63, 3.8) is 0 Å². The van der Waals surface area contributed by atoms with Crippen LogP contribution in [0.2, 0.25) is 0 Å². The molecule has 0 aliphatic heterocycles.